The minimum atomic E-state index is -0.606. The van der Waals surface area contributed by atoms with Crippen molar-refractivity contribution in [3.8, 4) is 23.0 Å². The van der Waals surface area contributed by atoms with Crippen LogP contribution < -0.4 is 14.2 Å². The summed E-state index contributed by atoms with van der Waals surface area (Å²) in [6.07, 6.45) is 4.53. The number of carbonyl (C=O) groups is 2. The number of ketones is 1. The van der Waals surface area contributed by atoms with Crippen molar-refractivity contribution >= 4 is 17.5 Å². The highest BCUT2D eigenvalue weighted by Gasteiger charge is 2.46. The van der Waals surface area contributed by atoms with E-state index in [2.05, 4.69) is 0 Å². The van der Waals surface area contributed by atoms with E-state index < -0.39 is 17.8 Å². The number of Topliss-reactive ketones (excluding diaryl/α,β-unsaturated/α-hetero) is 1. The lowest BCUT2D eigenvalue weighted by atomic mass is 9.66. The summed E-state index contributed by atoms with van der Waals surface area (Å²) in [5, 5.41) is 10.4. The Balaban J connectivity index is 1.55. The molecule has 0 saturated heterocycles. The second-order valence-corrected chi connectivity index (χ2v) is 10.7. The molecule has 2 saturated carbocycles. The Morgan fingerprint density at radius 3 is 2.35 bits per heavy atom. The van der Waals surface area contributed by atoms with Crippen LogP contribution in [0.15, 0.2) is 52.7 Å². The maximum Gasteiger partial charge on any atom is 0.336 e. The summed E-state index contributed by atoms with van der Waals surface area (Å²) >= 11 is 0. The van der Waals surface area contributed by atoms with Crippen LogP contribution >= 0.6 is 0 Å². The molecule has 2 fully saturated rings. The van der Waals surface area contributed by atoms with E-state index in [4.69, 9.17) is 23.9 Å². The first-order chi connectivity index (χ1) is 19.3. The molecule has 0 radical (unpaired) electrons. The van der Waals surface area contributed by atoms with Gasteiger partial charge in [-0.25, -0.2) is 4.79 Å². The standard InChI is InChI=1S/C32H37NO7/c1-5-39-27-17-20(10-12-24(27)34)30-29(32(36)40-22-8-6-7-9-22)18(2)33-23-14-21(15-25(35)31(23)30)19-11-13-26(37-3)28(16-19)38-4/h10-13,16-17,21-22,30-31,34H,5-9,14-15H2,1-4H3/t21-,30+,31?/m1/s1. The molecule has 8 heteroatoms. The van der Waals surface area contributed by atoms with Crippen LogP contribution in [-0.2, 0) is 14.3 Å². The van der Waals surface area contributed by atoms with Gasteiger partial charge in [-0.15, -0.1) is 0 Å². The molecular formula is C32H37NO7. The number of nitrogens with zero attached hydrogens (tertiary/aromatic N) is 1. The molecule has 1 N–H and O–H groups in total. The van der Waals surface area contributed by atoms with Crippen molar-refractivity contribution in [2.75, 3.05) is 20.8 Å². The lowest BCUT2D eigenvalue weighted by Crippen LogP contribution is -2.41. The van der Waals surface area contributed by atoms with Crippen LogP contribution in [0.25, 0.3) is 0 Å². The first kappa shape index (κ1) is 27.7. The Morgan fingerprint density at radius 1 is 0.950 bits per heavy atom. The van der Waals surface area contributed by atoms with Crippen LogP contribution in [0.4, 0.5) is 0 Å². The number of esters is 1. The van der Waals surface area contributed by atoms with Gasteiger partial charge in [-0.1, -0.05) is 12.1 Å². The van der Waals surface area contributed by atoms with Crippen LogP contribution in [0, 0.1) is 5.92 Å². The highest BCUT2D eigenvalue weighted by molar-refractivity contribution is 6.12. The smallest absolute Gasteiger partial charge is 0.336 e. The van der Waals surface area contributed by atoms with Crippen molar-refractivity contribution in [1.29, 1.82) is 0 Å². The SMILES string of the molecule is CCOc1cc([C@H]2C(C(=O)OC3CCCC3)=C(C)N=C3C[C@@H](c4ccc(OC)c(OC)c4)CC(=O)C32)ccc1O. The predicted octanol–water partition coefficient (Wildman–Crippen LogP) is 5.87. The molecule has 212 valence electrons. The van der Waals surface area contributed by atoms with E-state index in [0.717, 1.165) is 37.0 Å². The maximum atomic E-state index is 14.0. The van der Waals surface area contributed by atoms with Crippen LogP contribution in [0.1, 0.15) is 75.3 Å². The molecule has 1 unspecified atom stereocenters. The van der Waals surface area contributed by atoms with Crippen molar-refractivity contribution in [3.63, 3.8) is 0 Å². The van der Waals surface area contributed by atoms with Crippen LogP contribution in [0.3, 0.4) is 0 Å². The molecule has 3 atom stereocenters. The molecule has 1 heterocycles. The van der Waals surface area contributed by atoms with Crippen LogP contribution in [-0.4, -0.2) is 49.5 Å². The number of benzene rings is 2. The Hall–Kier alpha value is -3.81. The highest BCUT2D eigenvalue weighted by atomic mass is 16.5. The molecule has 0 bridgehead atoms. The van der Waals surface area contributed by atoms with E-state index in [1.54, 1.807) is 32.4 Å². The number of hydrogen-bond donors (Lipinski definition) is 1. The summed E-state index contributed by atoms with van der Waals surface area (Å²) in [7, 11) is 3.18. The molecule has 40 heavy (non-hydrogen) atoms. The summed E-state index contributed by atoms with van der Waals surface area (Å²) in [5.41, 5.74) is 3.41. The number of rotatable bonds is 8. The molecule has 8 nitrogen and oxygen atoms in total. The molecule has 2 aliphatic carbocycles. The molecule has 3 aliphatic rings. The zero-order chi connectivity index (χ0) is 28.4. The number of allylic oxidation sites excluding steroid dienone is 1. The minimum Gasteiger partial charge on any atom is -0.504 e. The van der Waals surface area contributed by atoms with Gasteiger partial charge < -0.3 is 24.1 Å². The molecule has 0 amide bonds. The number of phenols is 1. The monoisotopic (exact) mass is 547 g/mol. The van der Waals surface area contributed by atoms with E-state index in [-0.39, 0.29) is 23.6 Å². The minimum absolute atomic E-state index is 0.00886. The lowest BCUT2D eigenvalue weighted by Gasteiger charge is -2.38. The summed E-state index contributed by atoms with van der Waals surface area (Å²) in [5.74, 6) is -0.114. The third-order valence-corrected chi connectivity index (χ3v) is 8.27. The van der Waals surface area contributed by atoms with Gasteiger partial charge in [0.25, 0.3) is 0 Å². The summed E-state index contributed by atoms with van der Waals surface area (Å²) in [6.45, 7) is 4.02. The maximum absolute atomic E-state index is 14.0. The number of aromatic hydroxyl groups is 1. The zero-order valence-corrected chi connectivity index (χ0v) is 23.6. The number of ether oxygens (including phenoxy) is 4. The van der Waals surface area contributed by atoms with Gasteiger partial charge in [0, 0.05) is 23.7 Å². The number of carbonyl (C=O) groups excluding carboxylic acids is 2. The van der Waals surface area contributed by atoms with E-state index >= 15 is 0 Å². The van der Waals surface area contributed by atoms with Crippen molar-refractivity contribution in [3.05, 3.63) is 58.8 Å². The normalized spacial score (nSPS) is 22.9. The van der Waals surface area contributed by atoms with Crippen molar-refractivity contribution in [2.45, 2.75) is 70.3 Å². The van der Waals surface area contributed by atoms with E-state index in [1.807, 2.05) is 32.0 Å². The number of fused-ring (bicyclic) bond motifs is 1. The molecular weight excluding hydrogens is 510 g/mol. The average molecular weight is 548 g/mol. The predicted molar refractivity (Wildman–Crippen MR) is 151 cm³/mol. The number of phenolic OH excluding ortho intramolecular Hbond substituents is 1. The summed E-state index contributed by atoms with van der Waals surface area (Å²) in [6, 6.07) is 10.8. The Bertz CT molecular complexity index is 1360. The Morgan fingerprint density at radius 2 is 1.65 bits per heavy atom. The zero-order valence-electron chi connectivity index (χ0n) is 23.6. The van der Waals surface area contributed by atoms with Gasteiger partial charge in [-0.3, -0.25) is 9.79 Å². The summed E-state index contributed by atoms with van der Waals surface area (Å²) < 4.78 is 22.5. The first-order valence-corrected chi connectivity index (χ1v) is 14.0. The van der Waals surface area contributed by atoms with Crippen molar-refractivity contribution in [1.82, 2.24) is 0 Å². The van der Waals surface area contributed by atoms with E-state index in [0.29, 0.717) is 53.5 Å². The van der Waals surface area contributed by atoms with E-state index in [1.165, 1.54) is 0 Å². The molecule has 0 spiro atoms. The van der Waals surface area contributed by atoms with Gasteiger partial charge in [0.2, 0.25) is 0 Å². The van der Waals surface area contributed by atoms with Gasteiger partial charge >= 0.3 is 5.97 Å². The van der Waals surface area contributed by atoms with Gasteiger partial charge in [0.1, 0.15) is 11.9 Å². The van der Waals surface area contributed by atoms with Crippen molar-refractivity contribution in [2.24, 2.45) is 10.9 Å². The fourth-order valence-corrected chi connectivity index (χ4v) is 6.36. The van der Waals surface area contributed by atoms with Crippen molar-refractivity contribution < 1.29 is 33.6 Å². The molecule has 0 aromatic heterocycles. The van der Waals surface area contributed by atoms with Gasteiger partial charge in [0.15, 0.2) is 23.0 Å². The van der Waals surface area contributed by atoms with Gasteiger partial charge in [0.05, 0.1) is 32.3 Å². The second kappa shape index (κ2) is 11.7. The molecule has 1 aliphatic heterocycles. The molecule has 2 aromatic rings. The fourth-order valence-electron chi connectivity index (χ4n) is 6.36. The molecule has 5 rings (SSSR count). The average Bonchev–Trinajstić information content (AvgIpc) is 3.46. The number of aliphatic imine (C=N–C) groups is 1. The third-order valence-electron chi connectivity index (χ3n) is 8.27. The largest absolute Gasteiger partial charge is 0.504 e. The Kier molecular flexibility index (Phi) is 8.14. The highest BCUT2D eigenvalue weighted by Crippen LogP contribution is 2.48. The van der Waals surface area contributed by atoms with Gasteiger partial charge in [-0.05, 0) is 87.3 Å². The first-order valence-electron chi connectivity index (χ1n) is 14.0. The summed E-state index contributed by atoms with van der Waals surface area (Å²) in [4.78, 5) is 32.5. The van der Waals surface area contributed by atoms with Crippen LogP contribution in [0.2, 0.25) is 0 Å². The topological polar surface area (TPSA) is 104 Å². The van der Waals surface area contributed by atoms with Crippen LogP contribution in [0.5, 0.6) is 23.0 Å². The third kappa shape index (κ3) is 5.31. The fraction of sp³-hybridized carbons (Fsp3) is 0.469. The second-order valence-electron chi connectivity index (χ2n) is 10.7. The molecule has 2 aromatic carbocycles. The Labute approximate surface area is 235 Å². The lowest BCUT2D eigenvalue weighted by molar-refractivity contribution is -0.144. The quantitative estimate of drug-likeness (QED) is 0.412. The van der Waals surface area contributed by atoms with E-state index in [9.17, 15) is 14.7 Å². The number of hydrogen-bond acceptors (Lipinski definition) is 8. The number of methoxy groups -OCH3 is 2. The van der Waals surface area contributed by atoms with Gasteiger partial charge in [-0.2, -0.15) is 0 Å².